The number of hydrogen-bond acceptors (Lipinski definition) is 2. The van der Waals surface area contributed by atoms with Gasteiger partial charge < -0.3 is 9.80 Å². The third kappa shape index (κ3) is 3.50. The number of nitrogens with zero attached hydrogens (tertiary/aromatic N) is 2. The molecule has 0 saturated carbocycles. The van der Waals surface area contributed by atoms with Gasteiger partial charge in [-0.1, -0.05) is 53.6 Å². The summed E-state index contributed by atoms with van der Waals surface area (Å²) in [5.74, 6) is -0.0100. The van der Waals surface area contributed by atoms with Crippen LogP contribution in [-0.2, 0) is 6.42 Å². The minimum Gasteiger partial charge on any atom is -0.352 e. The van der Waals surface area contributed by atoms with E-state index in [9.17, 15) is 4.79 Å². The van der Waals surface area contributed by atoms with Crippen molar-refractivity contribution in [1.29, 1.82) is 0 Å². The third-order valence-electron chi connectivity index (χ3n) is 5.21. The van der Waals surface area contributed by atoms with Gasteiger partial charge in [0.15, 0.2) is 0 Å². The molecule has 0 fully saturated rings. The molecule has 1 amide bonds. The molecule has 0 spiro atoms. The number of anilines is 1. The number of allylic oxidation sites excluding steroid dienone is 2. The van der Waals surface area contributed by atoms with Crippen LogP contribution in [0.2, 0.25) is 5.02 Å². The Morgan fingerprint density at radius 1 is 1.15 bits per heavy atom. The van der Waals surface area contributed by atoms with E-state index in [1.165, 1.54) is 11.1 Å². The molecule has 4 rings (SSSR count). The first kappa shape index (κ1) is 18.1. The summed E-state index contributed by atoms with van der Waals surface area (Å²) in [5, 5.41) is 1.33. The molecule has 27 heavy (non-hydrogen) atoms. The SMILES string of the molecule is C[C@H](c1ccc2c(c1)CCN2C(=O)c1cccc(Cl)c1)N1CC=CC=C1Cl. The highest BCUT2D eigenvalue weighted by Gasteiger charge is 2.27. The Morgan fingerprint density at radius 2 is 2.00 bits per heavy atom. The van der Waals surface area contributed by atoms with Crippen LogP contribution in [0.4, 0.5) is 5.69 Å². The lowest BCUT2D eigenvalue weighted by molar-refractivity contribution is 0.0989. The molecule has 0 bridgehead atoms. The number of fused-ring (bicyclic) bond motifs is 1. The van der Waals surface area contributed by atoms with E-state index in [4.69, 9.17) is 23.2 Å². The van der Waals surface area contributed by atoms with Crippen LogP contribution in [0.15, 0.2) is 65.8 Å². The Morgan fingerprint density at radius 3 is 2.78 bits per heavy atom. The van der Waals surface area contributed by atoms with Crippen molar-refractivity contribution < 1.29 is 4.79 Å². The summed E-state index contributed by atoms with van der Waals surface area (Å²) in [5.41, 5.74) is 4.00. The molecule has 0 saturated heterocycles. The van der Waals surface area contributed by atoms with E-state index in [2.05, 4.69) is 30.0 Å². The molecular formula is C22H20Cl2N2O. The van der Waals surface area contributed by atoms with Crippen LogP contribution in [0.1, 0.15) is 34.5 Å². The summed E-state index contributed by atoms with van der Waals surface area (Å²) in [6.07, 6.45) is 6.85. The molecule has 2 aromatic rings. The number of rotatable bonds is 3. The summed E-state index contributed by atoms with van der Waals surface area (Å²) in [6.45, 7) is 3.64. The smallest absolute Gasteiger partial charge is 0.258 e. The average Bonchev–Trinajstić information content (AvgIpc) is 3.10. The van der Waals surface area contributed by atoms with E-state index in [0.29, 0.717) is 17.1 Å². The number of halogens is 2. The summed E-state index contributed by atoms with van der Waals surface area (Å²) >= 11 is 12.4. The van der Waals surface area contributed by atoms with Gasteiger partial charge in [-0.05, 0) is 54.8 Å². The monoisotopic (exact) mass is 398 g/mol. The van der Waals surface area contributed by atoms with Gasteiger partial charge in [0.1, 0.15) is 5.16 Å². The fourth-order valence-corrected chi connectivity index (χ4v) is 4.18. The van der Waals surface area contributed by atoms with Gasteiger partial charge in [-0.3, -0.25) is 4.79 Å². The minimum atomic E-state index is -0.0100. The Balaban J connectivity index is 1.58. The van der Waals surface area contributed by atoms with Crippen LogP contribution < -0.4 is 4.90 Å². The van der Waals surface area contributed by atoms with Crippen LogP contribution >= 0.6 is 23.2 Å². The lowest BCUT2D eigenvalue weighted by atomic mass is 10.0. The van der Waals surface area contributed by atoms with Crippen molar-refractivity contribution >= 4 is 34.8 Å². The molecule has 2 heterocycles. The highest BCUT2D eigenvalue weighted by molar-refractivity contribution is 6.31. The first-order valence-electron chi connectivity index (χ1n) is 9.04. The topological polar surface area (TPSA) is 23.6 Å². The van der Waals surface area contributed by atoms with E-state index in [1.807, 2.05) is 29.2 Å². The first-order chi connectivity index (χ1) is 13.0. The maximum absolute atomic E-state index is 12.9. The van der Waals surface area contributed by atoms with E-state index in [0.717, 1.165) is 23.8 Å². The second-order valence-corrected chi connectivity index (χ2v) is 7.67. The molecule has 138 valence electrons. The van der Waals surface area contributed by atoms with E-state index in [-0.39, 0.29) is 11.9 Å². The molecular weight excluding hydrogens is 379 g/mol. The maximum Gasteiger partial charge on any atom is 0.258 e. The highest BCUT2D eigenvalue weighted by atomic mass is 35.5. The van der Waals surface area contributed by atoms with Crippen molar-refractivity contribution in [2.24, 2.45) is 0 Å². The van der Waals surface area contributed by atoms with Gasteiger partial charge in [0.25, 0.3) is 5.91 Å². The van der Waals surface area contributed by atoms with Crippen LogP contribution in [0, 0.1) is 0 Å². The van der Waals surface area contributed by atoms with Crippen molar-refractivity contribution in [3.05, 3.63) is 87.6 Å². The summed E-state index contributed by atoms with van der Waals surface area (Å²) in [4.78, 5) is 16.9. The van der Waals surface area contributed by atoms with Gasteiger partial charge in [0.2, 0.25) is 0 Å². The standard InChI is InChI=1S/C22H20Cl2N2O/c1-15(25-11-3-2-7-21(25)24)16-8-9-20-17(13-16)10-12-26(20)22(27)18-5-4-6-19(23)14-18/h2-9,13-15H,10-12H2,1H3/t15-/m1/s1. The van der Waals surface area contributed by atoms with Gasteiger partial charge in [0, 0.05) is 29.4 Å². The zero-order chi connectivity index (χ0) is 19.0. The highest BCUT2D eigenvalue weighted by Crippen LogP contribution is 2.34. The molecule has 3 nitrogen and oxygen atoms in total. The van der Waals surface area contributed by atoms with Crippen LogP contribution in [0.25, 0.3) is 0 Å². The lowest BCUT2D eigenvalue weighted by Gasteiger charge is -2.31. The van der Waals surface area contributed by atoms with Crippen LogP contribution in [-0.4, -0.2) is 23.9 Å². The number of carbonyl (C=O) groups is 1. The Kier molecular flexibility index (Phi) is 4.98. The van der Waals surface area contributed by atoms with Crippen molar-refractivity contribution in [2.75, 3.05) is 18.0 Å². The molecule has 2 aliphatic rings. The molecule has 0 radical (unpaired) electrons. The average molecular weight is 399 g/mol. The number of benzene rings is 2. The van der Waals surface area contributed by atoms with Crippen molar-refractivity contribution in [1.82, 2.24) is 4.90 Å². The van der Waals surface area contributed by atoms with Gasteiger partial charge >= 0.3 is 0 Å². The van der Waals surface area contributed by atoms with E-state index < -0.39 is 0 Å². The second kappa shape index (κ2) is 7.41. The van der Waals surface area contributed by atoms with Crippen molar-refractivity contribution in [3.8, 4) is 0 Å². The Bertz CT molecular complexity index is 951. The predicted molar refractivity (Wildman–Crippen MR) is 111 cm³/mol. The van der Waals surface area contributed by atoms with E-state index >= 15 is 0 Å². The van der Waals surface area contributed by atoms with Gasteiger partial charge in [-0.2, -0.15) is 0 Å². The molecule has 2 aliphatic heterocycles. The minimum absolute atomic E-state index is 0.0100. The molecule has 2 aromatic carbocycles. The fraction of sp³-hybridized carbons (Fsp3) is 0.227. The lowest BCUT2D eigenvalue weighted by Crippen LogP contribution is -2.29. The first-order valence-corrected chi connectivity index (χ1v) is 9.79. The Hall–Kier alpha value is -2.23. The van der Waals surface area contributed by atoms with Crippen molar-refractivity contribution in [3.63, 3.8) is 0 Å². The number of amides is 1. The summed E-state index contributed by atoms with van der Waals surface area (Å²) < 4.78 is 0. The fourth-order valence-electron chi connectivity index (χ4n) is 3.70. The third-order valence-corrected chi connectivity index (χ3v) is 5.79. The zero-order valence-electron chi connectivity index (χ0n) is 15.0. The van der Waals surface area contributed by atoms with E-state index in [1.54, 1.807) is 18.2 Å². The quantitative estimate of drug-likeness (QED) is 0.632. The molecule has 0 N–H and O–H groups in total. The van der Waals surface area contributed by atoms with Crippen LogP contribution in [0.5, 0.6) is 0 Å². The van der Waals surface area contributed by atoms with Gasteiger partial charge in [-0.25, -0.2) is 0 Å². The van der Waals surface area contributed by atoms with Gasteiger partial charge in [0.05, 0.1) is 6.04 Å². The molecule has 0 aliphatic carbocycles. The normalized spacial score (nSPS) is 16.9. The van der Waals surface area contributed by atoms with Gasteiger partial charge in [-0.15, -0.1) is 0 Å². The summed E-state index contributed by atoms with van der Waals surface area (Å²) in [7, 11) is 0. The maximum atomic E-state index is 12.9. The van der Waals surface area contributed by atoms with Crippen molar-refractivity contribution in [2.45, 2.75) is 19.4 Å². The molecule has 1 atom stereocenters. The summed E-state index contributed by atoms with van der Waals surface area (Å²) in [6, 6.07) is 13.6. The Labute approximate surface area is 169 Å². The second-order valence-electron chi connectivity index (χ2n) is 6.85. The van der Waals surface area contributed by atoms with Crippen LogP contribution in [0.3, 0.4) is 0 Å². The largest absolute Gasteiger partial charge is 0.352 e. The molecule has 0 unspecified atom stereocenters. The predicted octanol–water partition coefficient (Wildman–Crippen LogP) is 5.56. The molecule has 0 aromatic heterocycles. The zero-order valence-corrected chi connectivity index (χ0v) is 16.5. The number of carbonyl (C=O) groups excluding carboxylic acids is 1. The number of hydrogen-bond donors (Lipinski definition) is 0. The molecule has 5 heteroatoms.